The van der Waals surface area contributed by atoms with Crippen molar-refractivity contribution < 1.29 is 14.5 Å². The van der Waals surface area contributed by atoms with E-state index >= 15 is 0 Å². The largest absolute Gasteiger partial charge is 0.470 e. The molecule has 0 spiro atoms. The zero-order chi connectivity index (χ0) is 24.9. The molecule has 1 N–H and O–H groups in total. The van der Waals surface area contributed by atoms with Gasteiger partial charge < -0.3 is 15.0 Å². The lowest BCUT2D eigenvalue weighted by atomic mass is 10.2. The Bertz CT molecular complexity index is 911. The smallest absolute Gasteiger partial charge is 0.272 e. The normalized spacial score (nSPS) is 12.0. The average Bonchev–Trinajstić information content (AvgIpc) is 3.27. The molecule has 2 aromatic rings. The Hall–Kier alpha value is -2.65. The summed E-state index contributed by atoms with van der Waals surface area (Å²) in [5.74, 6) is 0.0651. The molecule has 0 fully saturated rings. The van der Waals surface area contributed by atoms with Crippen molar-refractivity contribution in [3.63, 3.8) is 0 Å². The molecule has 1 unspecified atom stereocenters. The van der Waals surface area contributed by atoms with Crippen molar-refractivity contribution in [1.82, 2.24) is 20.0 Å². The lowest BCUT2D eigenvalue weighted by molar-refractivity contribution is -0.384. The average molecular weight is 494 g/mol. The minimum absolute atomic E-state index is 0.00364. The Balaban J connectivity index is 1.86. The maximum Gasteiger partial charge on any atom is 0.272 e. The Morgan fingerprint density at radius 2 is 1.88 bits per heavy atom. The highest BCUT2D eigenvalue weighted by Crippen LogP contribution is 2.28. The summed E-state index contributed by atoms with van der Waals surface area (Å²) >= 11 is 6.05. The summed E-state index contributed by atoms with van der Waals surface area (Å²) in [7, 11) is 0. The number of carbonyl (C=O) groups is 1. The van der Waals surface area contributed by atoms with Gasteiger partial charge in [-0.3, -0.25) is 14.9 Å². The van der Waals surface area contributed by atoms with Crippen molar-refractivity contribution in [2.75, 3.05) is 19.6 Å². The molecule has 0 saturated carbocycles. The Morgan fingerprint density at radius 1 is 1.21 bits per heavy atom. The molecule has 188 valence electrons. The molecular formula is C24H36ClN5O4. The van der Waals surface area contributed by atoms with Crippen molar-refractivity contribution >= 4 is 23.2 Å². The van der Waals surface area contributed by atoms with Crippen LogP contribution in [0.15, 0.2) is 30.5 Å². The molecule has 9 nitrogen and oxygen atoms in total. The second-order valence-corrected chi connectivity index (χ2v) is 8.88. The van der Waals surface area contributed by atoms with Crippen molar-refractivity contribution in [1.29, 1.82) is 0 Å². The van der Waals surface area contributed by atoms with Crippen LogP contribution >= 0.6 is 11.6 Å². The van der Waals surface area contributed by atoms with Crippen LogP contribution in [0.25, 0.3) is 0 Å². The van der Waals surface area contributed by atoms with Gasteiger partial charge in [0.15, 0.2) is 6.73 Å². The van der Waals surface area contributed by atoms with Gasteiger partial charge in [-0.25, -0.2) is 4.68 Å². The van der Waals surface area contributed by atoms with Gasteiger partial charge in [0, 0.05) is 30.9 Å². The molecule has 10 heteroatoms. The highest BCUT2D eigenvalue weighted by molar-refractivity contribution is 6.32. The van der Waals surface area contributed by atoms with Crippen LogP contribution in [0.2, 0.25) is 5.02 Å². The fourth-order valence-electron chi connectivity index (χ4n) is 3.61. The SMILES string of the molecule is CCCCCN(CCCCC)CC(C)NC(=O)c1ccn(COc2ccc([N+](=O)[O-])cc2Cl)n1. The van der Waals surface area contributed by atoms with E-state index in [2.05, 4.69) is 29.2 Å². The van der Waals surface area contributed by atoms with Gasteiger partial charge in [0.2, 0.25) is 0 Å². The van der Waals surface area contributed by atoms with Gasteiger partial charge in [-0.1, -0.05) is 51.1 Å². The standard InChI is InChI=1S/C24H36ClN5O4/c1-4-6-8-13-28(14-9-7-5-2)17-19(3)26-24(31)22-12-15-29(27-22)18-34-23-11-10-20(30(32)33)16-21(23)25/h10-12,15-16,19H,4-9,13-14,17-18H2,1-3H3,(H,26,31). The van der Waals surface area contributed by atoms with Crippen molar-refractivity contribution in [2.45, 2.75) is 72.1 Å². The van der Waals surface area contributed by atoms with Gasteiger partial charge in [0.25, 0.3) is 11.6 Å². The number of non-ortho nitro benzene ring substituents is 1. The van der Waals surface area contributed by atoms with Gasteiger partial charge in [-0.05, 0) is 45.0 Å². The van der Waals surface area contributed by atoms with Crippen LogP contribution in [0.4, 0.5) is 5.69 Å². The summed E-state index contributed by atoms with van der Waals surface area (Å²) in [6, 6.07) is 5.61. The van der Waals surface area contributed by atoms with Gasteiger partial charge in [0.05, 0.1) is 9.95 Å². The van der Waals surface area contributed by atoms with Crippen LogP contribution in [-0.4, -0.2) is 51.2 Å². The van der Waals surface area contributed by atoms with Crippen LogP contribution in [0.3, 0.4) is 0 Å². The summed E-state index contributed by atoms with van der Waals surface area (Å²) < 4.78 is 7.06. The molecule has 0 aliphatic carbocycles. The number of hydrogen-bond acceptors (Lipinski definition) is 6. The van der Waals surface area contributed by atoms with E-state index in [0.717, 1.165) is 19.6 Å². The van der Waals surface area contributed by atoms with Crippen LogP contribution in [0.1, 0.15) is 69.8 Å². The van der Waals surface area contributed by atoms with E-state index in [1.807, 2.05) is 6.92 Å². The molecule has 0 aliphatic heterocycles. The fraction of sp³-hybridized carbons (Fsp3) is 0.583. The van der Waals surface area contributed by atoms with Crippen LogP contribution < -0.4 is 10.1 Å². The second kappa shape index (κ2) is 14.6. The summed E-state index contributed by atoms with van der Waals surface area (Å²) in [4.78, 5) is 25.4. The first-order valence-electron chi connectivity index (χ1n) is 12.0. The molecule has 34 heavy (non-hydrogen) atoms. The minimum atomic E-state index is -0.523. The number of benzene rings is 1. The Morgan fingerprint density at radius 3 is 2.47 bits per heavy atom. The van der Waals surface area contributed by atoms with Gasteiger partial charge in [0.1, 0.15) is 11.4 Å². The van der Waals surface area contributed by atoms with Crippen LogP contribution in [-0.2, 0) is 6.73 Å². The van der Waals surface area contributed by atoms with Crippen molar-refractivity contribution in [3.05, 3.63) is 51.3 Å². The first-order valence-corrected chi connectivity index (χ1v) is 12.3. The first-order chi connectivity index (χ1) is 16.3. The van der Waals surface area contributed by atoms with E-state index in [4.69, 9.17) is 16.3 Å². The zero-order valence-electron chi connectivity index (χ0n) is 20.3. The van der Waals surface area contributed by atoms with E-state index < -0.39 is 4.92 Å². The van der Waals surface area contributed by atoms with E-state index in [9.17, 15) is 14.9 Å². The number of carbonyl (C=O) groups excluding carboxylic acids is 1. The third-order valence-corrected chi connectivity index (χ3v) is 5.71. The molecule has 1 heterocycles. The number of nitro groups is 1. The number of halogens is 1. The molecule has 0 radical (unpaired) electrons. The first kappa shape index (κ1) is 27.6. The third kappa shape index (κ3) is 9.30. The summed E-state index contributed by atoms with van der Waals surface area (Å²) in [6.45, 7) is 9.35. The number of unbranched alkanes of at least 4 members (excludes halogenated alkanes) is 4. The zero-order valence-corrected chi connectivity index (χ0v) is 21.1. The van der Waals surface area contributed by atoms with Gasteiger partial charge in [-0.2, -0.15) is 5.10 Å². The lowest BCUT2D eigenvalue weighted by Crippen LogP contribution is -2.42. The number of ether oxygens (including phenoxy) is 1. The Labute approximate surface area is 206 Å². The molecule has 1 aromatic heterocycles. The van der Waals surface area contributed by atoms with E-state index in [1.165, 1.54) is 61.4 Å². The molecule has 0 saturated heterocycles. The summed E-state index contributed by atoms with van der Waals surface area (Å²) in [5, 5.41) is 18.3. The molecule has 1 amide bonds. The molecule has 0 bridgehead atoms. The number of nitrogens with one attached hydrogen (secondary N) is 1. The summed E-state index contributed by atoms with van der Waals surface area (Å²) in [5.41, 5.74) is 0.188. The van der Waals surface area contributed by atoms with Gasteiger partial charge >= 0.3 is 0 Å². The van der Waals surface area contributed by atoms with Crippen LogP contribution in [0.5, 0.6) is 5.75 Å². The minimum Gasteiger partial charge on any atom is -0.470 e. The third-order valence-electron chi connectivity index (χ3n) is 5.42. The monoisotopic (exact) mass is 493 g/mol. The molecule has 0 aliphatic rings. The topological polar surface area (TPSA) is 103 Å². The van der Waals surface area contributed by atoms with Gasteiger partial charge in [-0.15, -0.1) is 0 Å². The van der Waals surface area contributed by atoms with E-state index in [-0.39, 0.29) is 29.4 Å². The van der Waals surface area contributed by atoms with Crippen molar-refractivity contribution in [3.8, 4) is 5.75 Å². The number of nitro benzene ring substituents is 1. The Kier molecular flexibility index (Phi) is 11.8. The number of nitrogens with zero attached hydrogens (tertiary/aromatic N) is 4. The second-order valence-electron chi connectivity index (χ2n) is 8.48. The van der Waals surface area contributed by atoms with E-state index in [1.54, 1.807) is 12.3 Å². The van der Waals surface area contributed by atoms with Crippen LogP contribution in [0, 0.1) is 10.1 Å². The number of rotatable bonds is 16. The molecular weight excluding hydrogens is 458 g/mol. The predicted octanol–water partition coefficient (Wildman–Crippen LogP) is 5.28. The molecule has 1 aromatic carbocycles. The fourth-order valence-corrected chi connectivity index (χ4v) is 3.84. The number of hydrogen-bond donors (Lipinski definition) is 1. The van der Waals surface area contributed by atoms with Crippen molar-refractivity contribution in [2.24, 2.45) is 0 Å². The molecule has 2 rings (SSSR count). The number of aromatic nitrogens is 2. The molecule has 1 atom stereocenters. The highest BCUT2D eigenvalue weighted by Gasteiger charge is 2.16. The summed E-state index contributed by atoms with van der Waals surface area (Å²) in [6.07, 6.45) is 8.81. The van der Waals surface area contributed by atoms with E-state index in [0.29, 0.717) is 11.4 Å². The highest BCUT2D eigenvalue weighted by atomic mass is 35.5. The predicted molar refractivity (Wildman–Crippen MR) is 133 cm³/mol. The maximum atomic E-state index is 12.7. The lowest BCUT2D eigenvalue weighted by Gasteiger charge is -2.26. The maximum absolute atomic E-state index is 12.7. The number of amides is 1. The quantitative estimate of drug-likeness (QED) is 0.194.